The molecule has 0 aromatic carbocycles. The Hall–Kier alpha value is -0.530. The van der Waals surface area contributed by atoms with Crippen LogP contribution in [-0.2, 0) is 9.53 Å². The van der Waals surface area contributed by atoms with E-state index in [0.29, 0.717) is 13.0 Å². The summed E-state index contributed by atoms with van der Waals surface area (Å²) in [6.07, 6.45) is 11.3. The minimum atomic E-state index is -0.00622. The molecule has 0 aromatic rings. The molecular formula is C16H32O2. The Balaban J connectivity index is 3.15. The first kappa shape index (κ1) is 17.5. The van der Waals surface area contributed by atoms with Crippen LogP contribution in [0, 0.1) is 5.92 Å². The Morgan fingerprint density at radius 2 is 1.61 bits per heavy atom. The van der Waals surface area contributed by atoms with E-state index in [4.69, 9.17) is 4.74 Å². The highest BCUT2D eigenvalue weighted by molar-refractivity contribution is 5.69. The highest BCUT2D eigenvalue weighted by Gasteiger charge is 2.02. The van der Waals surface area contributed by atoms with Gasteiger partial charge in [0.1, 0.15) is 0 Å². The van der Waals surface area contributed by atoms with Gasteiger partial charge in [0, 0.05) is 6.42 Å². The van der Waals surface area contributed by atoms with Crippen molar-refractivity contribution in [2.75, 3.05) is 6.61 Å². The monoisotopic (exact) mass is 256 g/mol. The third-order valence-corrected chi connectivity index (χ3v) is 3.17. The number of unbranched alkanes of at least 4 members (excludes halogenated alkanes) is 6. The average molecular weight is 256 g/mol. The fraction of sp³-hybridized carbons (Fsp3) is 0.938. The van der Waals surface area contributed by atoms with E-state index in [1.165, 1.54) is 38.5 Å². The van der Waals surface area contributed by atoms with Gasteiger partial charge in [-0.3, -0.25) is 4.79 Å². The summed E-state index contributed by atoms with van der Waals surface area (Å²) in [5.74, 6) is 0.805. The maximum absolute atomic E-state index is 11.4. The van der Waals surface area contributed by atoms with Gasteiger partial charge in [-0.1, -0.05) is 65.7 Å². The molecule has 108 valence electrons. The molecule has 0 bridgehead atoms. The Labute approximate surface area is 113 Å². The molecule has 0 unspecified atom stereocenters. The van der Waals surface area contributed by atoms with Gasteiger partial charge >= 0.3 is 5.97 Å². The van der Waals surface area contributed by atoms with E-state index in [2.05, 4.69) is 20.8 Å². The SMILES string of the molecule is CCCCCCC(=O)OCCCCCCC(C)C. The third kappa shape index (κ3) is 13.5. The van der Waals surface area contributed by atoms with E-state index in [1.807, 2.05) is 0 Å². The van der Waals surface area contributed by atoms with Crippen LogP contribution in [0.1, 0.15) is 85.0 Å². The molecule has 2 nitrogen and oxygen atoms in total. The number of ether oxygens (including phenoxy) is 1. The van der Waals surface area contributed by atoms with Crippen molar-refractivity contribution in [2.45, 2.75) is 85.0 Å². The predicted octanol–water partition coefficient (Wildman–Crippen LogP) is 5.11. The van der Waals surface area contributed by atoms with Crippen LogP contribution in [0.3, 0.4) is 0 Å². The second-order valence-corrected chi connectivity index (χ2v) is 5.63. The second kappa shape index (κ2) is 12.9. The normalized spacial score (nSPS) is 10.9. The van der Waals surface area contributed by atoms with E-state index < -0.39 is 0 Å². The zero-order valence-electron chi connectivity index (χ0n) is 12.7. The van der Waals surface area contributed by atoms with E-state index in [-0.39, 0.29) is 5.97 Å². The maximum Gasteiger partial charge on any atom is 0.305 e. The van der Waals surface area contributed by atoms with E-state index >= 15 is 0 Å². The molecule has 2 heteroatoms. The lowest BCUT2D eigenvalue weighted by molar-refractivity contribution is -0.143. The first-order valence-corrected chi connectivity index (χ1v) is 7.82. The third-order valence-electron chi connectivity index (χ3n) is 3.17. The van der Waals surface area contributed by atoms with Gasteiger partial charge in [0.2, 0.25) is 0 Å². The summed E-state index contributed by atoms with van der Waals surface area (Å²) in [7, 11) is 0. The molecule has 0 rings (SSSR count). The molecule has 0 radical (unpaired) electrons. The lowest BCUT2D eigenvalue weighted by atomic mass is 10.0. The predicted molar refractivity (Wildman–Crippen MR) is 77.6 cm³/mol. The summed E-state index contributed by atoms with van der Waals surface area (Å²) < 4.78 is 5.21. The van der Waals surface area contributed by atoms with Gasteiger partial charge in [-0.2, -0.15) is 0 Å². The zero-order valence-corrected chi connectivity index (χ0v) is 12.7. The van der Waals surface area contributed by atoms with Gasteiger partial charge in [0.25, 0.3) is 0 Å². The molecular weight excluding hydrogens is 224 g/mol. The molecule has 18 heavy (non-hydrogen) atoms. The lowest BCUT2D eigenvalue weighted by Gasteiger charge is -2.06. The largest absolute Gasteiger partial charge is 0.466 e. The quantitative estimate of drug-likeness (QED) is 0.358. The van der Waals surface area contributed by atoms with Gasteiger partial charge < -0.3 is 4.74 Å². The van der Waals surface area contributed by atoms with Gasteiger partial charge in [-0.25, -0.2) is 0 Å². The molecule has 0 aliphatic heterocycles. The number of carbonyl (C=O) groups is 1. The molecule has 0 fully saturated rings. The van der Waals surface area contributed by atoms with Crippen LogP contribution >= 0.6 is 0 Å². The molecule has 0 amide bonds. The minimum absolute atomic E-state index is 0.00622. The number of rotatable bonds is 12. The summed E-state index contributed by atoms with van der Waals surface area (Å²) in [6.45, 7) is 7.33. The van der Waals surface area contributed by atoms with Crippen molar-refractivity contribution >= 4 is 5.97 Å². The minimum Gasteiger partial charge on any atom is -0.466 e. The molecule has 0 aliphatic carbocycles. The van der Waals surface area contributed by atoms with Crippen LogP contribution < -0.4 is 0 Å². The summed E-state index contributed by atoms with van der Waals surface area (Å²) in [4.78, 5) is 11.4. The van der Waals surface area contributed by atoms with Gasteiger partial charge in [0.15, 0.2) is 0 Å². The van der Waals surface area contributed by atoms with Crippen molar-refractivity contribution in [1.82, 2.24) is 0 Å². The number of carbonyl (C=O) groups excluding carboxylic acids is 1. The molecule has 0 saturated heterocycles. The van der Waals surface area contributed by atoms with Crippen molar-refractivity contribution in [1.29, 1.82) is 0 Å². The van der Waals surface area contributed by atoms with E-state index in [1.54, 1.807) is 0 Å². The first-order chi connectivity index (χ1) is 8.66. The number of hydrogen-bond acceptors (Lipinski definition) is 2. The van der Waals surface area contributed by atoms with Crippen molar-refractivity contribution in [3.05, 3.63) is 0 Å². The summed E-state index contributed by atoms with van der Waals surface area (Å²) in [5, 5.41) is 0. The van der Waals surface area contributed by atoms with Crippen molar-refractivity contribution in [2.24, 2.45) is 5.92 Å². The molecule has 0 saturated carbocycles. The Morgan fingerprint density at radius 3 is 2.28 bits per heavy atom. The highest BCUT2D eigenvalue weighted by Crippen LogP contribution is 2.09. The van der Waals surface area contributed by atoms with Crippen LogP contribution in [0.2, 0.25) is 0 Å². The van der Waals surface area contributed by atoms with E-state index in [9.17, 15) is 4.79 Å². The first-order valence-electron chi connectivity index (χ1n) is 7.82. The molecule has 0 heterocycles. The molecule has 0 aliphatic rings. The second-order valence-electron chi connectivity index (χ2n) is 5.63. The summed E-state index contributed by atoms with van der Waals surface area (Å²) >= 11 is 0. The Bertz CT molecular complexity index is 188. The van der Waals surface area contributed by atoms with Crippen LogP contribution in [0.5, 0.6) is 0 Å². The Kier molecular flexibility index (Phi) is 12.5. The standard InChI is InChI=1S/C16H32O2/c1-4-5-6-10-13-16(17)18-14-11-8-7-9-12-15(2)3/h15H,4-14H2,1-3H3. The van der Waals surface area contributed by atoms with E-state index in [0.717, 1.165) is 25.2 Å². The number of hydrogen-bond donors (Lipinski definition) is 0. The topological polar surface area (TPSA) is 26.3 Å². The zero-order chi connectivity index (χ0) is 13.6. The van der Waals surface area contributed by atoms with Gasteiger partial charge in [-0.05, 0) is 18.8 Å². The van der Waals surface area contributed by atoms with Crippen molar-refractivity contribution < 1.29 is 9.53 Å². The van der Waals surface area contributed by atoms with Gasteiger partial charge in [-0.15, -0.1) is 0 Å². The molecule has 0 atom stereocenters. The summed E-state index contributed by atoms with van der Waals surface area (Å²) in [6, 6.07) is 0. The number of esters is 1. The fourth-order valence-corrected chi connectivity index (χ4v) is 1.96. The van der Waals surface area contributed by atoms with Crippen molar-refractivity contribution in [3.63, 3.8) is 0 Å². The van der Waals surface area contributed by atoms with Crippen molar-refractivity contribution in [3.8, 4) is 0 Å². The lowest BCUT2D eigenvalue weighted by Crippen LogP contribution is -2.05. The molecule has 0 aromatic heterocycles. The van der Waals surface area contributed by atoms with Gasteiger partial charge in [0.05, 0.1) is 6.61 Å². The maximum atomic E-state index is 11.4. The van der Waals surface area contributed by atoms with Crippen LogP contribution in [0.15, 0.2) is 0 Å². The highest BCUT2D eigenvalue weighted by atomic mass is 16.5. The Morgan fingerprint density at radius 1 is 0.944 bits per heavy atom. The molecule has 0 N–H and O–H groups in total. The fourth-order valence-electron chi connectivity index (χ4n) is 1.96. The average Bonchev–Trinajstić information content (AvgIpc) is 2.33. The smallest absolute Gasteiger partial charge is 0.305 e. The summed E-state index contributed by atoms with van der Waals surface area (Å²) in [5.41, 5.74) is 0. The van der Waals surface area contributed by atoms with Crippen LogP contribution in [0.25, 0.3) is 0 Å². The molecule has 0 spiro atoms. The van der Waals surface area contributed by atoms with Crippen LogP contribution in [-0.4, -0.2) is 12.6 Å². The van der Waals surface area contributed by atoms with Crippen LogP contribution in [0.4, 0.5) is 0 Å².